The monoisotopic (exact) mass is 515 g/mol. The van der Waals surface area contributed by atoms with Gasteiger partial charge < -0.3 is 23.9 Å². The Morgan fingerprint density at radius 3 is 2.57 bits per heavy atom. The second kappa shape index (κ2) is 10.8. The third-order valence-electron chi connectivity index (χ3n) is 6.02. The van der Waals surface area contributed by atoms with Gasteiger partial charge >= 0.3 is 0 Å². The normalized spacial score (nSPS) is 15.3. The summed E-state index contributed by atoms with van der Waals surface area (Å²) < 4.78 is 17.4. The van der Waals surface area contributed by atoms with E-state index in [0.29, 0.717) is 40.9 Å². The molecule has 0 saturated carbocycles. The van der Waals surface area contributed by atoms with E-state index in [1.165, 1.54) is 22.5 Å². The van der Waals surface area contributed by atoms with Gasteiger partial charge in [-0.3, -0.25) is 9.59 Å². The van der Waals surface area contributed by atoms with E-state index in [-0.39, 0.29) is 12.1 Å². The first kappa shape index (κ1) is 24.4. The minimum absolute atomic E-state index is 0.0272. The number of aliphatic hydroxyl groups excluding tert-OH is 1. The van der Waals surface area contributed by atoms with E-state index in [1.54, 1.807) is 47.8 Å². The number of Topliss-reactive ketones (excluding diaryl/α,β-unsaturated/α-hetero) is 1. The number of ether oxygens (including phenoxy) is 2. The summed E-state index contributed by atoms with van der Waals surface area (Å²) in [5.74, 6) is -0.0358. The van der Waals surface area contributed by atoms with E-state index < -0.39 is 23.5 Å². The van der Waals surface area contributed by atoms with Crippen LogP contribution in [0.4, 0.5) is 0 Å². The Bertz CT molecular complexity index is 1410. The summed E-state index contributed by atoms with van der Waals surface area (Å²) in [5.41, 5.74) is 1.65. The largest absolute Gasteiger partial charge is 0.503 e. The lowest BCUT2D eigenvalue weighted by atomic mass is 9.95. The van der Waals surface area contributed by atoms with Crippen LogP contribution in [0.5, 0.6) is 11.5 Å². The molecule has 1 amide bonds. The van der Waals surface area contributed by atoms with Crippen molar-refractivity contribution in [3.63, 3.8) is 0 Å². The Hall–Kier alpha value is -4.30. The minimum atomic E-state index is -0.838. The molecule has 1 atom stereocenters. The molecule has 0 radical (unpaired) electrons. The summed E-state index contributed by atoms with van der Waals surface area (Å²) >= 11 is 1.26. The van der Waals surface area contributed by atoms with Crippen LogP contribution in [-0.2, 0) is 17.9 Å². The van der Waals surface area contributed by atoms with Gasteiger partial charge in [-0.15, -0.1) is 11.3 Å². The zero-order valence-electron chi connectivity index (χ0n) is 20.1. The number of carbonyl (C=O) groups excluding carboxylic acids is 2. The topological polar surface area (TPSA) is 89.2 Å². The average Bonchev–Trinajstić information content (AvgIpc) is 3.68. The first-order valence-electron chi connectivity index (χ1n) is 11.8. The van der Waals surface area contributed by atoms with Gasteiger partial charge in [0.1, 0.15) is 12.4 Å². The molecule has 3 heterocycles. The van der Waals surface area contributed by atoms with Gasteiger partial charge in [-0.25, -0.2) is 0 Å². The Kier molecular flexibility index (Phi) is 7.09. The summed E-state index contributed by atoms with van der Waals surface area (Å²) in [5, 5.41) is 12.7. The molecule has 4 aromatic rings. The summed E-state index contributed by atoms with van der Waals surface area (Å²) in [6.07, 6.45) is 1.52. The lowest BCUT2D eigenvalue weighted by Gasteiger charge is -2.26. The molecule has 188 valence electrons. The quantitative estimate of drug-likeness (QED) is 0.257. The third kappa shape index (κ3) is 5.01. The van der Waals surface area contributed by atoms with E-state index in [9.17, 15) is 14.7 Å². The molecule has 8 heteroatoms. The first-order chi connectivity index (χ1) is 18.1. The van der Waals surface area contributed by atoms with Gasteiger partial charge in [0.15, 0.2) is 17.3 Å². The number of amides is 1. The van der Waals surface area contributed by atoms with Crippen LogP contribution in [0, 0.1) is 0 Å². The van der Waals surface area contributed by atoms with Crippen molar-refractivity contribution in [3.8, 4) is 11.5 Å². The van der Waals surface area contributed by atoms with Crippen molar-refractivity contribution >= 4 is 23.0 Å². The zero-order valence-corrected chi connectivity index (χ0v) is 20.9. The summed E-state index contributed by atoms with van der Waals surface area (Å²) in [6.45, 7) is 2.70. The van der Waals surface area contributed by atoms with E-state index in [1.807, 2.05) is 37.3 Å². The standard InChI is InChI=1S/C29H25NO6S/c1-2-34-23-16-20(12-13-22(23)36-18-19-8-4-3-5-9-19)26-25(27(31)24-11-7-15-37-24)28(32)29(33)30(26)17-21-10-6-14-35-21/h3-16,26,32H,2,17-18H2,1H3. The Morgan fingerprint density at radius 2 is 1.86 bits per heavy atom. The van der Waals surface area contributed by atoms with Crippen LogP contribution in [0.2, 0.25) is 0 Å². The predicted molar refractivity (Wildman–Crippen MR) is 139 cm³/mol. The van der Waals surface area contributed by atoms with E-state index in [2.05, 4.69) is 0 Å². The number of ketones is 1. The number of nitrogens with zero attached hydrogens (tertiary/aromatic N) is 1. The highest BCUT2D eigenvalue weighted by Gasteiger charge is 2.44. The second-order valence-electron chi connectivity index (χ2n) is 8.40. The van der Waals surface area contributed by atoms with E-state index in [4.69, 9.17) is 13.9 Å². The van der Waals surface area contributed by atoms with Crippen molar-refractivity contribution in [2.75, 3.05) is 6.61 Å². The van der Waals surface area contributed by atoms with E-state index >= 15 is 0 Å². The van der Waals surface area contributed by atoms with Gasteiger partial charge in [-0.2, -0.15) is 0 Å². The molecule has 1 aliphatic heterocycles. The van der Waals surface area contributed by atoms with Crippen LogP contribution < -0.4 is 9.47 Å². The number of hydrogen-bond donors (Lipinski definition) is 1. The summed E-state index contributed by atoms with van der Waals surface area (Å²) in [4.78, 5) is 28.5. The molecule has 2 aromatic heterocycles. The van der Waals surface area contributed by atoms with Crippen LogP contribution in [0.25, 0.3) is 0 Å². The van der Waals surface area contributed by atoms with Gasteiger partial charge in [0.2, 0.25) is 5.78 Å². The molecule has 0 fully saturated rings. The number of rotatable bonds is 10. The highest BCUT2D eigenvalue weighted by Crippen LogP contribution is 2.43. The number of hydrogen-bond acceptors (Lipinski definition) is 7. The van der Waals surface area contributed by atoms with Gasteiger partial charge in [0.25, 0.3) is 5.91 Å². The lowest BCUT2D eigenvalue weighted by Crippen LogP contribution is -2.30. The highest BCUT2D eigenvalue weighted by atomic mass is 32.1. The Balaban J connectivity index is 1.53. The molecule has 5 rings (SSSR count). The molecule has 0 spiro atoms. The van der Waals surface area contributed by atoms with E-state index in [0.717, 1.165) is 5.56 Å². The van der Waals surface area contributed by atoms with Gasteiger partial charge in [0, 0.05) is 0 Å². The SMILES string of the molecule is CCOc1cc(C2C(C(=O)c3cccs3)=C(O)C(=O)N2Cc2ccco2)ccc1OCc1ccccc1. The van der Waals surface area contributed by atoms with Crippen LogP contribution in [0.3, 0.4) is 0 Å². The van der Waals surface area contributed by atoms with Gasteiger partial charge in [0.05, 0.1) is 35.9 Å². The van der Waals surface area contributed by atoms with Crippen molar-refractivity contribution in [3.05, 3.63) is 118 Å². The van der Waals surface area contributed by atoms with Gasteiger partial charge in [-0.1, -0.05) is 42.5 Å². The van der Waals surface area contributed by atoms with Crippen molar-refractivity contribution in [1.29, 1.82) is 0 Å². The van der Waals surface area contributed by atoms with Crippen molar-refractivity contribution in [2.45, 2.75) is 26.1 Å². The first-order valence-corrected chi connectivity index (χ1v) is 12.7. The minimum Gasteiger partial charge on any atom is -0.503 e. The molecule has 0 saturated heterocycles. The molecular formula is C29H25NO6S. The predicted octanol–water partition coefficient (Wildman–Crippen LogP) is 6.10. The maximum absolute atomic E-state index is 13.5. The Morgan fingerprint density at radius 1 is 1.03 bits per heavy atom. The zero-order chi connectivity index (χ0) is 25.8. The number of thiophene rings is 1. The van der Waals surface area contributed by atoms with Gasteiger partial charge in [-0.05, 0) is 53.8 Å². The maximum atomic E-state index is 13.5. The smallest absolute Gasteiger partial charge is 0.290 e. The molecule has 7 nitrogen and oxygen atoms in total. The van der Waals surface area contributed by atoms with Crippen LogP contribution >= 0.6 is 11.3 Å². The number of benzene rings is 2. The van der Waals surface area contributed by atoms with Crippen molar-refractivity contribution in [1.82, 2.24) is 4.90 Å². The molecule has 0 aliphatic carbocycles. The second-order valence-corrected chi connectivity index (χ2v) is 9.34. The highest BCUT2D eigenvalue weighted by molar-refractivity contribution is 7.12. The number of carbonyl (C=O) groups is 2. The molecule has 1 aliphatic rings. The Labute approximate surface area is 218 Å². The summed E-state index contributed by atoms with van der Waals surface area (Å²) in [6, 6.07) is 21.2. The third-order valence-corrected chi connectivity index (χ3v) is 6.89. The molecule has 1 N–H and O–H groups in total. The molecule has 1 unspecified atom stereocenters. The molecule has 37 heavy (non-hydrogen) atoms. The number of furan rings is 1. The molecule has 0 bridgehead atoms. The molecular weight excluding hydrogens is 490 g/mol. The van der Waals surface area contributed by atoms with Crippen molar-refractivity contribution < 1.29 is 28.6 Å². The average molecular weight is 516 g/mol. The number of aliphatic hydroxyl groups is 1. The van der Waals surface area contributed by atoms with Crippen LogP contribution in [-0.4, -0.2) is 28.3 Å². The van der Waals surface area contributed by atoms with Crippen molar-refractivity contribution in [2.24, 2.45) is 0 Å². The van der Waals surface area contributed by atoms with Crippen LogP contribution in [0.1, 0.15) is 39.5 Å². The summed E-state index contributed by atoms with van der Waals surface area (Å²) in [7, 11) is 0. The van der Waals surface area contributed by atoms with Crippen LogP contribution in [0.15, 0.2) is 100 Å². The maximum Gasteiger partial charge on any atom is 0.290 e. The fraction of sp³-hybridized carbons (Fsp3) is 0.172. The lowest BCUT2D eigenvalue weighted by molar-refractivity contribution is -0.130. The fourth-order valence-electron chi connectivity index (χ4n) is 4.32. The molecule has 2 aromatic carbocycles. The fourth-order valence-corrected chi connectivity index (χ4v) is 5.00.